The van der Waals surface area contributed by atoms with E-state index in [1.165, 1.54) is 12.3 Å². The van der Waals surface area contributed by atoms with E-state index < -0.39 is 17.7 Å². The van der Waals surface area contributed by atoms with Crippen LogP contribution in [0.2, 0.25) is 0 Å². The van der Waals surface area contributed by atoms with Crippen molar-refractivity contribution in [2.24, 2.45) is 11.5 Å². The fourth-order valence-corrected chi connectivity index (χ4v) is 6.80. The maximum Gasteiger partial charge on any atom is 0.276 e. The molecule has 2 aliphatic heterocycles. The number of nitrogen functional groups attached to an aromatic ring is 1. The zero-order valence-corrected chi connectivity index (χ0v) is 28.4. The molecule has 17 heteroatoms. The van der Waals surface area contributed by atoms with Gasteiger partial charge in [0, 0.05) is 50.5 Å². The quantitative estimate of drug-likeness (QED) is 0.0967. The first-order valence-corrected chi connectivity index (χ1v) is 16.8. The van der Waals surface area contributed by atoms with Crippen molar-refractivity contribution in [3.63, 3.8) is 0 Å². The van der Waals surface area contributed by atoms with E-state index in [0.717, 1.165) is 32.5 Å². The molecule has 2 aliphatic rings. The Morgan fingerprint density at radius 3 is 2.51 bits per heavy atom. The second-order valence-electron chi connectivity index (χ2n) is 12.7. The molecule has 0 spiro atoms. The Hall–Kier alpha value is -5.81. The topological polar surface area (TPSA) is 229 Å². The van der Waals surface area contributed by atoms with Crippen molar-refractivity contribution in [1.29, 1.82) is 0 Å². The number of nitrogens with one attached hydrogen (secondary N) is 1. The highest BCUT2D eigenvalue weighted by atomic mass is 16.5. The van der Waals surface area contributed by atoms with Crippen molar-refractivity contribution >= 4 is 51.8 Å². The van der Waals surface area contributed by atoms with Crippen molar-refractivity contribution in [1.82, 2.24) is 38.8 Å². The Morgan fingerprint density at radius 2 is 1.80 bits per heavy atom. The molecule has 0 aliphatic carbocycles. The molecule has 2 saturated heterocycles. The van der Waals surface area contributed by atoms with Crippen LogP contribution in [0.25, 0.3) is 22.2 Å². The first-order chi connectivity index (χ1) is 24.6. The number of nitrogens with zero attached hydrogens (tertiary/aromatic N) is 8. The van der Waals surface area contributed by atoms with Gasteiger partial charge in [-0.25, -0.2) is 15.0 Å². The number of carbonyl (C=O) groups is 3. The smallest absolute Gasteiger partial charge is 0.276 e. The van der Waals surface area contributed by atoms with E-state index in [9.17, 15) is 14.4 Å². The number of primary amides is 2. The summed E-state index contributed by atoms with van der Waals surface area (Å²) in [4.78, 5) is 53.3. The number of hydrogen-bond acceptors (Lipinski definition) is 11. The molecule has 0 saturated carbocycles. The number of carbonyl (C=O) groups excluding carboxylic acids is 3. The molecule has 266 valence electrons. The van der Waals surface area contributed by atoms with Crippen molar-refractivity contribution in [3.8, 4) is 5.75 Å². The third-order valence-electron chi connectivity index (χ3n) is 9.25. The van der Waals surface area contributed by atoms with Gasteiger partial charge < -0.3 is 31.2 Å². The lowest BCUT2D eigenvalue weighted by molar-refractivity contribution is 0.0289. The van der Waals surface area contributed by atoms with Gasteiger partial charge in [-0.15, -0.1) is 0 Å². The number of rotatable bonds is 14. The van der Waals surface area contributed by atoms with E-state index in [4.69, 9.17) is 26.7 Å². The summed E-state index contributed by atoms with van der Waals surface area (Å²) in [6.07, 6.45) is 7.34. The average molecular weight is 697 g/mol. The van der Waals surface area contributed by atoms with Gasteiger partial charge >= 0.3 is 0 Å². The van der Waals surface area contributed by atoms with Gasteiger partial charge in [-0.2, -0.15) is 5.10 Å². The summed E-state index contributed by atoms with van der Waals surface area (Å²) >= 11 is 0. The molecule has 7 N–H and O–H groups in total. The van der Waals surface area contributed by atoms with E-state index in [1.54, 1.807) is 32.0 Å². The summed E-state index contributed by atoms with van der Waals surface area (Å²) in [5.41, 5.74) is 21.0. The first-order valence-electron chi connectivity index (χ1n) is 16.8. The largest absolute Gasteiger partial charge is 0.491 e. The van der Waals surface area contributed by atoms with E-state index in [2.05, 4.69) is 30.3 Å². The molecular weight excluding hydrogens is 656 g/mol. The van der Waals surface area contributed by atoms with Crippen molar-refractivity contribution < 1.29 is 23.9 Å². The Bertz CT molecular complexity index is 2180. The number of benzene rings is 1. The molecule has 17 nitrogen and oxygen atoms in total. The number of aromatic nitrogens is 7. The Kier molecular flexibility index (Phi) is 9.14. The predicted octanol–water partition coefficient (Wildman–Crippen LogP) is 1.84. The molecule has 7 rings (SSSR count). The van der Waals surface area contributed by atoms with Crippen molar-refractivity contribution in [3.05, 3.63) is 65.1 Å². The molecule has 4 aromatic heterocycles. The molecule has 3 amide bonds. The molecule has 51 heavy (non-hydrogen) atoms. The van der Waals surface area contributed by atoms with Gasteiger partial charge in [-0.05, 0) is 51.0 Å². The standard InChI is InChI=1S/C34H40N12O5/c1-3-46-26(11-19(2)42-46)32(49)41-34-40-25-13-21(30(36)48)16-38-31(25)45(34)9-5-4-8-44-28-24(39-33(44)37)12-20(29(35)47)14-27(28)50-10-6-7-43-17-23-15-22(43)18-51-23/h4-5,11-14,16,22-23H,3,6-10,15,17-18H2,1-2H3,(H2,35,47)(H2,36,48)(H2,37,39)(H,40,41,49)/b5-4+. The minimum atomic E-state index is -0.642. The summed E-state index contributed by atoms with van der Waals surface area (Å²) < 4.78 is 17.1. The van der Waals surface area contributed by atoms with Crippen LogP contribution < -0.4 is 27.3 Å². The number of morpholine rings is 1. The third kappa shape index (κ3) is 6.72. The lowest BCUT2D eigenvalue weighted by atomic mass is 10.1. The highest BCUT2D eigenvalue weighted by molar-refractivity contribution is 6.03. The molecular formula is C34H40N12O5. The molecule has 2 fully saturated rings. The average Bonchev–Trinajstić information content (AvgIpc) is 3.93. The normalized spacial score (nSPS) is 17.3. The van der Waals surface area contributed by atoms with Gasteiger partial charge in [0.05, 0.1) is 36.1 Å². The van der Waals surface area contributed by atoms with Gasteiger partial charge in [0.25, 0.3) is 5.91 Å². The van der Waals surface area contributed by atoms with Crippen LogP contribution in [-0.4, -0.2) is 94.9 Å². The molecule has 6 heterocycles. The fourth-order valence-electron chi connectivity index (χ4n) is 6.80. The van der Waals surface area contributed by atoms with Crippen LogP contribution in [0.1, 0.15) is 56.7 Å². The zero-order valence-electron chi connectivity index (χ0n) is 28.4. The van der Waals surface area contributed by atoms with Gasteiger partial charge in [0.15, 0.2) is 5.65 Å². The van der Waals surface area contributed by atoms with Crippen LogP contribution in [0.5, 0.6) is 5.75 Å². The number of hydrogen-bond donors (Lipinski definition) is 4. The van der Waals surface area contributed by atoms with E-state index >= 15 is 0 Å². The number of nitrogens with two attached hydrogens (primary N) is 3. The minimum Gasteiger partial charge on any atom is -0.491 e. The van der Waals surface area contributed by atoms with Crippen molar-refractivity contribution in [2.75, 3.05) is 37.4 Å². The summed E-state index contributed by atoms with van der Waals surface area (Å²) in [7, 11) is 0. The highest BCUT2D eigenvalue weighted by Gasteiger charge is 2.38. The summed E-state index contributed by atoms with van der Waals surface area (Å²) in [5.74, 6) is -0.700. The molecule has 2 atom stereocenters. The van der Waals surface area contributed by atoms with Gasteiger partial charge in [-0.3, -0.25) is 33.8 Å². The Balaban J connectivity index is 1.12. The number of aryl methyl sites for hydroxylation is 2. The van der Waals surface area contributed by atoms with Crippen molar-refractivity contribution in [2.45, 2.75) is 58.5 Å². The maximum atomic E-state index is 13.3. The fraction of sp³-hybridized carbons (Fsp3) is 0.382. The monoisotopic (exact) mass is 696 g/mol. The van der Waals surface area contributed by atoms with E-state index in [-0.39, 0.29) is 29.6 Å². The van der Waals surface area contributed by atoms with Gasteiger partial charge in [0.1, 0.15) is 22.5 Å². The lowest BCUT2D eigenvalue weighted by Gasteiger charge is -2.26. The third-order valence-corrected chi connectivity index (χ3v) is 9.25. The van der Waals surface area contributed by atoms with Crippen LogP contribution in [0, 0.1) is 6.92 Å². The van der Waals surface area contributed by atoms with Crippen LogP contribution in [0.4, 0.5) is 11.9 Å². The number of likely N-dealkylation sites (tertiary alicyclic amines) is 1. The number of ether oxygens (including phenoxy) is 2. The highest BCUT2D eigenvalue weighted by Crippen LogP contribution is 2.31. The molecule has 1 aromatic carbocycles. The van der Waals surface area contributed by atoms with Gasteiger partial charge in [0.2, 0.25) is 23.7 Å². The second-order valence-corrected chi connectivity index (χ2v) is 12.7. The van der Waals surface area contributed by atoms with Crippen LogP contribution in [0.3, 0.4) is 0 Å². The maximum absolute atomic E-state index is 13.3. The van der Waals surface area contributed by atoms with Crippen LogP contribution in [-0.2, 0) is 24.4 Å². The van der Waals surface area contributed by atoms with Gasteiger partial charge in [-0.1, -0.05) is 12.2 Å². The van der Waals surface area contributed by atoms with Crippen LogP contribution >= 0.6 is 0 Å². The Labute approximate surface area is 292 Å². The SMILES string of the molecule is CCn1nc(C)cc1C(=O)Nc1nc2cc(C(N)=O)cnc2n1C/C=C/Cn1c(N)nc2cc(C(N)=O)cc(OCCCN3CC4CC3CO4)c21. The number of imidazole rings is 2. The Morgan fingerprint density at radius 1 is 1.04 bits per heavy atom. The first kappa shape index (κ1) is 33.7. The number of pyridine rings is 1. The molecule has 2 bridgehead atoms. The molecule has 5 aromatic rings. The van der Waals surface area contributed by atoms with Crippen LogP contribution in [0.15, 0.2) is 42.6 Å². The van der Waals surface area contributed by atoms with E-state index in [1.807, 2.05) is 26.0 Å². The summed E-state index contributed by atoms with van der Waals surface area (Å²) in [6.45, 7) is 7.83. The number of fused-ring (bicyclic) bond motifs is 4. The lowest BCUT2D eigenvalue weighted by Crippen LogP contribution is -2.37. The number of anilines is 2. The van der Waals surface area contributed by atoms with E-state index in [0.29, 0.717) is 71.2 Å². The number of amides is 3. The zero-order chi connectivity index (χ0) is 35.8. The summed E-state index contributed by atoms with van der Waals surface area (Å²) in [5, 5.41) is 7.24. The molecule has 2 unspecified atom stereocenters. The number of allylic oxidation sites excluding steroid dienone is 2. The second kappa shape index (κ2) is 13.8. The molecule has 0 radical (unpaired) electrons. The predicted molar refractivity (Wildman–Crippen MR) is 188 cm³/mol. The minimum absolute atomic E-state index is 0.192. The summed E-state index contributed by atoms with van der Waals surface area (Å²) in [6, 6.07) is 6.93.